The quantitative estimate of drug-likeness (QED) is 0.0802. The minimum Gasteiger partial charge on any atom is -0.361 e. The van der Waals surface area contributed by atoms with Gasteiger partial charge in [-0.3, -0.25) is 24.4 Å². The Morgan fingerprint density at radius 2 is 1.40 bits per heavy atom. The first-order valence-electron chi connectivity index (χ1n) is 21.5. The Bertz CT molecular complexity index is 2350. The third-order valence-electron chi connectivity index (χ3n) is 12.1. The second-order valence-corrected chi connectivity index (χ2v) is 15.8. The van der Waals surface area contributed by atoms with Gasteiger partial charge in [0, 0.05) is 113 Å². The number of carbonyl (C=O) groups excluding carboxylic acids is 2. The number of fused-ring (bicyclic) bond motifs is 2. The first kappa shape index (κ1) is 40.8. The second kappa shape index (κ2) is 19.9. The van der Waals surface area contributed by atoms with Gasteiger partial charge in [0.15, 0.2) is 11.6 Å². The molecule has 8 rings (SSSR count). The monoisotopic (exact) mass is 773 g/mol. The standard InChI is InChI=1S/C29H36N2O.C22H23N3O/c1-3-25(4-2)31-18-16-23(17-19-31)27-21-30-28-15-14-24(20-26(27)28)29(32)13-9-8-12-22-10-6-5-7-11-22;1-2-10-25-11-7-16(8-12-25)20-15-24-21-6-5-17(13-19(20)21)22(26)18-4-3-9-23-14-18/h5-7,10-11,14-16,20-21,25,30H,3-4,8-9,12-13,17-19H2,1-2H3;3-7,9,13-15,24H,2,8,10-12H2,1H3. The van der Waals surface area contributed by atoms with Gasteiger partial charge in [-0.2, -0.15) is 0 Å². The van der Waals surface area contributed by atoms with Crippen molar-refractivity contribution in [3.8, 4) is 0 Å². The summed E-state index contributed by atoms with van der Waals surface area (Å²) >= 11 is 0. The van der Waals surface area contributed by atoms with E-state index in [9.17, 15) is 9.59 Å². The molecule has 0 amide bonds. The summed E-state index contributed by atoms with van der Waals surface area (Å²) in [5.41, 5.74) is 11.0. The predicted octanol–water partition coefficient (Wildman–Crippen LogP) is 11.3. The number of carbonyl (C=O) groups is 2. The van der Waals surface area contributed by atoms with Gasteiger partial charge < -0.3 is 9.97 Å². The van der Waals surface area contributed by atoms with Crippen LogP contribution >= 0.6 is 0 Å². The molecule has 0 bridgehead atoms. The highest BCUT2D eigenvalue weighted by molar-refractivity contribution is 6.11. The van der Waals surface area contributed by atoms with Crippen molar-refractivity contribution in [1.82, 2.24) is 24.8 Å². The van der Waals surface area contributed by atoms with Gasteiger partial charge in [-0.25, -0.2) is 0 Å². The average molecular weight is 774 g/mol. The fourth-order valence-corrected chi connectivity index (χ4v) is 8.70. The highest BCUT2D eigenvalue weighted by Gasteiger charge is 2.21. The normalized spacial score (nSPS) is 15.0. The maximum atomic E-state index is 12.9. The lowest BCUT2D eigenvalue weighted by Crippen LogP contribution is -2.37. The summed E-state index contributed by atoms with van der Waals surface area (Å²) < 4.78 is 0. The molecular formula is C51H59N5O2. The van der Waals surface area contributed by atoms with Gasteiger partial charge in [-0.15, -0.1) is 0 Å². The van der Waals surface area contributed by atoms with Crippen LogP contribution < -0.4 is 0 Å². The van der Waals surface area contributed by atoms with Crippen LogP contribution in [0.3, 0.4) is 0 Å². The van der Waals surface area contributed by atoms with Crippen LogP contribution in [0.2, 0.25) is 0 Å². The molecule has 2 aliphatic heterocycles. The number of rotatable bonds is 15. The minimum absolute atomic E-state index is 0.0129. The van der Waals surface area contributed by atoms with Crippen LogP contribution in [-0.4, -0.2) is 75.1 Å². The van der Waals surface area contributed by atoms with Crippen LogP contribution in [0.25, 0.3) is 33.0 Å². The van der Waals surface area contributed by atoms with Gasteiger partial charge in [-0.05, 0) is 123 Å². The number of aryl methyl sites for hydroxylation is 1. The first-order valence-corrected chi connectivity index (χ1v) is 21.5. The number of aromatic amines is 2. The van der Waals surface area contributed by atoms with Crippen molar-refractivity contribution >= 4 is 44.5 Å². The summed E-state index contributed by atoms with van der Waals surface area (Å²) in [6.07, 6.45) is 21.6. The molecule has 0 spiro atoms. The van der Waals surface area contributed by atoms with E-state index in [2.05, 4.69) is 106 Å². The molecule has 6 aromatic rings. The summed E-state index contributed by atoms with van der Waals surface area (Å²) in [4.78, 5) is 41.5. The molecule has 7 nitrogen and oxygen atoms in total. The molecule has 3 aromatic heterocycles. The number of ketones is 2. The summed E-state index contributed by atoms with van der Waals surface area (Å²) in [5, 5.41) is 2.30. The molecule has 0 fully saturated rings. The Morgan fingerprint density at radius 3 is 2.00 bits per heavy atom. The van der Waals surface area contributed by atoms with Crippen molar-refractivity contribution in [3.63, 3.8) is 0 Å². The van der Waals surface area contributed by atoms with Gasteiger partial charge in [0.2, 0.25) is 0 Å². The summed E-state index contributed by atoms with van der Waals surface area (Å²) in [6.45, 7) is 12.2. The van der Waals surface area contributed by atoms with E-state index >= 15 is 0 Å². The molecule has 0 atom stereocenters. The molecular weight excluding hydrogens is 715 g/mol. The zero-order chi connectivity index (χ0) is 40.3. The molecule has 3 aromatic carbocycles. The van der Waals surface area contributed by atoms with E-state index in [-0.39, 0.29) is 11.6 Å². The average Bonchev–Trinajstić information content (AvgIpc) is 3.91. The van der Waals surface area contributed by atoms with Crippen molar-refractivity contribution in [1.29, 1.82) is 0 Å². The molecule has 58 heavy (non-hydrogen) atoms. The number of aromatic nitrogens is 3. The van der Waals surface area contributed by atoms with Crippen LogP contribution in [0.4, 0.5) is 0 Å². The van der Waals surface area contributed by atoms with Crippen molar-refractivity contribution in [2.24, 2.45) is 0 Å². The van der Waals surface area contributed by atoms with Crippen LogP contribution in [0.1, 0.15) is 115 Å². The lowest BCUT2D eigenvalue weighted by molar-refractivity contribution is 0.0978. The number of hydrogen-bond donors (Lipinski definition) is 2. The molecule has 0 saturated heterocycles. The van der Waals surface area contributed by atoms with E-state index in [4.69, 9.17) is 0 Å². The first-order chi connectivity index (χ1) is 28.4. The van der Waals surface area contributed by atoms with Crippen molar-refractivity contribution < 1.29 is 9.59 Å². The number of benzene rings is 3. The van der Waals surface area contributed by atoms with E-state index in [1.807, 2.05) is 36.4 Å². The number of H-pyrrole nitrogens is 2. The number of Topliss-reactive ketones (excluding diaryl/α,β-unsaturated/α-hetero) is 1. The Hall–Kier alpha value is -5.37. The largest absolute Gasteiger partial charge is 0.361 e. The molecule has 7 heteroatoms. The third-order valence-corrected chi connectivity index (χ3v) is 12.1. The van der Waals surface area contributed by atoms with Gasteiger partial charge in [0.05, 0.1) is 0 Å². The predicted molar refractivity (Wildman–Crippen MR) is 240 cm³/mol. The summed E-state index contributed by atoms with van der Waals surface area (Å²) in [7, 11) is 0. The fraction of sp³-hybridized carbons (Fsp3) is 0.353. The third kappa shape index (κ3) is 9.83. The Kier molecular flexibility index (Phi) is 14.0. The molecule has 5 heterocycles. The Balaban J connectivity index is 0.000000180. The Labute approximate surface area is 344 Å². The number of nitrogens with one attached hydrogen (secondary N) is 2. The minimum atomic E-state index is 0.0129. The fourth-order valence-electron chi connectivity index (χ4n) is 8.70. The topological polar surface area (TPSA) is 85.1 Å². The smallest absolute Gasteiger partial charge is 0.194 e. The van der Waals surface area contributed by atoms with E-state index in [0.717, 1.165) is 86.8 Å². The summed E-state index contributed by atoms with van der Waals surface area (Å²) in [6, 6.07) is 26.8. The van der Waals surface area contributed by atoms with Gasteiger partial charge in [0.25, 0.3) is 0 Å². The zero-order valence-electron chi connectivity index (χ0n) is 34.6. The number of pyridine rings is 1. The zero-order valence-corrected chi connectivity index (χ0v) is 34.6. The van der Waals surface area contributed by atoms with Crippen molar-refractivity contribution in [2.45, 2.75) is 84.6 Å². The molecule has 0 unspecified atom stereocenters. The highest BCUT2D eigenvalue weighted by atomic mass is 16.1. The number of hydrogen-bond acceptors (Lipinski definition) is 5. The second-order valence-electron chi connectivity index (χ2n) is 15.8. The van der Waals surface area contributed by atoms with Crippen LogP contribution in [0.15, 0.2) is 116 Å². The number of nitrogens with zero attached hydrogens (tertiary/aromatic N) is 3. The molecule has 0 saturated carbocycles. The summed E-state index contributed by atoms with van der Waals surface area (Å²) in [5.74, 6) is 0.267. The Morgan fingerprint density at radius 1 is 0.724 bits per heavy atom. The molecule has 0 radical (unpaired) electrons. The van der Waals surface area contributed by atoms with Crippen LogP contribution in [0, 0.1) is 0 Å². The van der Waals surface area contributed by atoms with E-state index in [0.29, 0.717) is 23.6 Å². The maximum Gasteiger partial charge on any atom is 0.194 e. The van der Waals surface area contributed by atoms with Crippen LogP contribution in [0.5, 0.6) is 0 Å². The number of unbranched alkanes of at least 4 members (excludes halogenated alkanes) is 1. The molecule has 300 valence electrons. The lowest BCUT2D eigenvalue weighted by atomic mass is 9.95. The van der Waals surface area contributed by atoms with Crippen LogP contribution in [-0.2, 0) is 6.42 Å². The SMILES string of the molecule is CCC(CC)N1CC=C(c2c[nH]c3ccc(C(=O)CCCCc4ccccc4)cc23)CC1.CCCN1CC=C(c2c[nH]c3ccc(C(=O)c4cccnc4)cc23)CC1. The van der Waals surface area contributed by atoms with Gasteiger partial charge in [0.1, 0.15) is 0 Å². The highest BCUT2D eigenvalue weighted by Crippen LogP contribution is 2.32. The van der Waals surface area contributed by atoms with Gasteiger partial charge in [-0.1, -0.05) is 63.3 Å². The molecule has 0 aliphatic carbocycles. The van der Waals surface area contributed by atoms with E-state index in [1.54, 1.807) is 18.5 Å². The maximum absolute atomic E-state index is 12.9. The van der Waals surface area contributed by atoms with Crippen molar-refractivity contribution in [2.75, 3.05) is 32.7 Å². The van der Waals surface area contributed by atoms with E-state index < -0.39 is 0 Å². The molecule has 2 N–H and O–H groups in total. The van der Waals surface area contributed by atoms with E-state index in [1.165, 1.54) is 52.5 Å². The van der Waals surface area contributed by atoms with Gasteiger partial charge >= 0.3 is 0 Å². The van der Waals surface area contributed by atoms with Crippen molar-refractivity contribution in [3.05, 3.63) is 149 Å². The lowest BCUT2D eigenvalue weighted by Gasteiger charge is -2.33. The molecule has 2 aliphatic rings.